The molecule has 29 heavy (non-hydrogen) atoms. The Morgan fingerprint density at radius 3 is 2.45 bits per heavy atom. The van der Waals surface area contributed by atoms with E-state index in [1.807, 2.05) is 30.3 Å². The summed E-state index contributed by atoms with van der Waals surface area (Å²) >= 11 is 0. The zero-order valence-electron chi connectivity index (χ0n) is 15.9. The van der Waals surface area contributed by atoms with Crippen molar-refractivity contribution in [2.45, 2.75) is 38.0 Å². The number of hydrogen-bond donors (Lipinski definition) is 2. The largest absolute Gasteiger partial charge is 0.493 e. The number of carbonyl (C=O) groups excluding carboxylic acids is 2. The van der Waals surface area contributed by atoms with Crippen LogP contribution in [0.1, 0.15) is 28.8 Å². The van der Waals surface area contributed by atoms with E-state index in [2.05, 4.69) is 15.4 Å². The molecule has 0 spiro atoms. The molecule has 6 nitrogen and oxygen atoms in total. The lowest BCUT2D eigenvalue weighted by Crippen LogP contribution is -2.48. The molecule has 1 saturated carbocycles. The van der Waals surface area contributed by atoms with Crippen LogP contribution in [0, 0.1) is 0 Å². The summed E-state index contributed by atoms with van der Waals surface area (Å²) in [5, 5.41) is 5.63. The second kappa shape index (κ2) is 9.36. The van der Waals surface area contributed by atoms with Gasteiger partial charge in [-0.15, -0.1) is 0 Å². The molecule has 1 atom stereocenters. The Morgan fingerprint density at radius 1 is 1.10 bits per heavy atom. The minimum absolute atomic E-state index is 0.00000804. The highest BCUT2D eigenvalue weighted by atomic mass is 19.3. The number of hydrogen-bond acceptors (Lipinski definition) is 4. The first kappa shape index (κ1) is 20.6. The second-order valence-corrected chi connectivity index (χ2v) is 6.74. The third-order valence-electron chi connectivity index (χ3n) is 4.47. The molecule has 0 aliphatic heterocycles. The van der Waals surface area contributed by atoms with Crippen molar-refractivity contribution in [3.8, 4) is 11.5 Å². The molecule has 8 heteroatoms. The highest BCUT2D eigenvalue weighted by Crippen LogP contribution is 2.29. The minimum atomic E-state index is -3.01. The van der Waals surface area contributed by atoms with Crippen molar-refractivity contribution in [3.05, 3.63) is 59.7 Å². The van der Waals surface area contributed by atoms with Gasteiger partial charge in [-0.05, 0) is 36.6 Å². The van der Waals surface area contributed by atoms with Crippen LogP contribution in [0.5, 0.6) is 11.5 Å². The summed E-state index contributed by atoms with van der Waals surface area (Å²) in [4.78, 5) is 25.3. The Morgan fingerprint density at radius 2 is 1.83 bits per heavy atom. The third kappa shape index (κ3) is 5.91. The van der Waals surface area contributed by atoms with Gasteiger partial charge in [-0.1, -0.05) is 30.3 Å². The van der Waals surface area contributed by atoms with E-state index >= 15 is 0 Å². The lowest BCUT2D eigenvalue weighted by molar-refractivity contribution is -0.123. The van der Waals surface area contributed by atoms with E-state index < -0.39 is 18.6 Å². The SMILES string of the molecule is COc1cc(C(=O)NC(Cc2ccccc2)C(=O)NC2CC2)ccc1OC(F)F. The van der Waals surface area contributed by atoms with Gasteiger partial charge in [0.15, 0.2) is 11.5 Å². The van der Waals surface area contributed by atoms with Gasteiger partial charge in [0.1, 0.15) is 6.04 Å². The summed E-state index contributed by atoms with van der Waals surface area (Å²) < 4.78 is 34.3. The molecule has 1 aliphatic carbocycles. The first-order chi connectivity index (χ1) is 14.0. The van der Waals surface area contributed by atoms with Crippen LogP contribution >= 0.6 is 0 Å². The van der Waals surface area contributed by atoms with Crippen molar-refractivity contribution in [2.75, 3.05) is 7.11 Å². The number of alkyl halides is 2. The van der Waals surface area contributed by atoms with Crippen LogP contribution in [0.15, 0.2) is 48.5 Å². The Kier molecular flexibility index (Phi) is 6.64. The normalized spacial score (nSPS) is 14.2. The zero-order valence-corrected chi connectivity index (χ0v) is 15.9. The molecule has 2 aromatic rings. The first-order valence-corrected chi connectivity index (χ1v) is 9.24. The van der Waals surface area contributed by atoms with Crippen molar-refractivity contribution in [1.82, 2.24) is 10.6 Å². The standard InChI is InChI=1S/C21H22F2N2O4/c1-28-18-12-14(7-10-17(18)29-21(22)23)19(26)25-16(20(27)24-15-8-9-15)11-13-5-3-2-4-6-13/h2-7,10,12,15-16,21H,8-9,11H2,1H3,(H,24,27)(H,25,26). The highest BCUT2D eigenvalue weighted by Gasteiger charge is 2.29. The number of carbonyl (C=O) groups is 2. The van der Waals surface area contributed by atoms with E-state index in [0.29, 0.717) is 6.42 Å². The monoisotopic (exact) mass is 404 g/mol. The fraction of sp³-hybridized carbons (Fsp3) is 0.333. The van der Waals surface area contributed by atoms with Crippen LogP contribution in [0.2, 0.25) is 0 Å². The molecule has 3 rings (SSSR count). The van der Waals surface area contributed by atoms with Crippen LogP contribution in [0.3, 0.4) is 0 Å². The van der Waals surface area contributed by atoms with E-state index in [-0.39, 0.29) is 29.0 Å². The van der Waals surface area contributed by atoms with E-state index in [1.54, 1.807) is 0 Å². The van der Waals surface area contributed by atoms with Crippen molar-refractivity contribution in [2.24, 2.45) is 0 Å². The smallest absolute Gasteiger partial charge is 0.387 e. The molecule has 2 N–H and O–H groups in total. The van der Waals surface area contributed by atoms with Crippen molar-refractivity contribution < 1.29 is 27.8 Å². The predicted octanol–water partition coefficient (Wildman–Crippen LogP) is 2.92. The van der Waals surface area contributed by atoms with Gasteiger partial charge in [-0.2, -0.15) is 8.78 Å². The van der Waals surface area contributed by atoms with Gasteiger partial charge >= 0.3 is 6.61 Å². The van der Waals surface area contributed by atoms with Gasteiger partial charge in [0.05, 0.1) is 7.11 Å². The van der Waals surface area contributed by atoms with Crippen LogP contribution in [0.4, 0.5) is 8.78 Å². The topological polar surface area (TPSA) is 76.7 Å². The van der Waals surface area contributed by atoms with Gasteiger partial charge in [-0.25, -0.2) is 0 Å². The van der Waals surface area contributed by atoms with Crippen molar-refractivity contribution in [1.29, 1.82) is 0 Å². The molecule has 0 heterocycles. The molecule has 0 radical (unpaired) electrons. The molecule has 154 valence electrons. The summed E-state index contributed by atoms with van der Waals surface area (Å²) in [7, 11) is 1.29. The number of rotatable bonds is 9. The van der Waals surface area contributed by atoms with Crippen molar-refractivity contribution in [3.63, 3.8) is 0 Å². The number of halogens is 2. The van der Waals surface area contributed by atoms with Crippen LogP contribution in [0.25, 0.3) is 0 Å². The maximum absolute atomic E-state index is 12.7. The van der Waals surface area contributed by atoms with Crippen molar-refractivity contribution >= 4 is 11.8 Å². The fourth-order valence-electron chi connectivity index (χ4n) is 2.83. The fourth-order valence-corrected chi connectivity index (χ4v) is 2.83. The van der Waals surface area contributed by atoms with E-state index in [4.69, 9.17) is 4.74 Å². The maximum atomic E-state index is 12.7. The number of benzene rings is 2. The third-order valence-corrected chi connectivity index (χ3v) is 4.47. The molecule has 0 bridgehead atoms. The quantitative estimate of drug-likeness (QED) is 0.674. The van der Waals surface area contributed by atoms with Crippen LogP contribution in [-0.2, 0) is 11.2 Å². The lowest BCUT2D eigenvalue weighted by atomic mass is 10.0. The zero-order chi connectivity index (χ0) is 20.8. The van der Waals surface area contributed by atoms with Crippen LogP contribution in [-0.4, -0.2) is 37.6 Å². The molecule has 2 amide bonds. The van der Waals surface area contributed by atoms with Gasteiger partial charge < -0.3 is 20.1 Å². The maximum Gasteiger partial charge on any atom is 0.387 e. The lowest BCUT2D eigenvalue weighted by Gasteiger charge is -2.19. The predicted molar refractivity (Wildman–Crippen MR) is 102 cm³/mol. The van der Waals surface area contributed by atoms with Gasteiger partial charge in [0.25, 0.3) is 5.91 Å². The number of ether oxygens (including phenoxy) is 2. The average Bonchev–Trinajstić information content (AvgIpc) is 3.52. The van der Waals surface area contributed by atoms with E-state index in [0.717, 1.165) is 18.4 Å². The van der Waals surface area contributed by atoms with Gasteiger partial charge in [0, 0.05) is 18.0 Å². The molecule has 0 aromatic heterocycles. The molecule has 1 aliphatic rings. The Hall–Kier alpha value is -3.16. The second-order valence-electron chi connectivity index (χ2n) is 6.74. The highest BCUT2D eigenvalue weighted by molar-refractivity contribution is 5.98. The Balaban J connectivity index is 1.75. The molecule has 1 unspecified atom stereocenters. The van der Waals surface area contributed by atoms with Crippen LogP contribution < -0.4 is 20.1 Å². The summed E-state index contributed by atoms with van der Waals surface area (Å²) in [6, 6.07) is 12.6. The number of amides is 2. The Labute approximate surface area is 167 Å². The average molecular weight is 404 g/mol. The molecular formula is C21H22F2N2O4. The number of methoxy groups -OCH3 is 1. The molecule has 2 aromatic carbocycles. The minimum Gasteiger partial charge on any atom is -0.493 e. The molecule has 1 fully saturated rings. The summed E-state index contributed by atoms with van der Waals surface area (Å²) in [6.07, 6.45) is 2.19. The van der Waals surface area contributed by atoms with E-state index in [1.165, 1.54) is 25.3 Å². The summed E-state index contributed by atoms with van der Waals surface area (Å²) in [5.41, 5.74) is 1.07. The van der Waals surface area contributed by atoms with E-state index in [9.17, 15) is 18.4 Å². The summed E-state index contributed by atoms with van der Waals surface area (Å²) in [6.45, 7) is -3.01. The number of nitrogens with one attached hydrogen (secondary N) is 2. The summed E-state index contributed by atoms with van der Waals surface area (Å²) in [5.74, 6) is -0.945. The molecule has 0 saturated heterocycles. The molecular weight excluding hydrogens is 382 g/mol. The first-order valence-electron chi connectivity index (χ1n) is 9.24. The van der Waals surface area contributed by atoms with Gasteiger partial charge in [0.2, 0.25) is 5.91 Å². The van der Waals surface area contributed by atoms with Gasteiger partial charge in [-0.3, -0.25) is 9.59 Å². The Bertz CT molecular complexity index is 857.